The van der Waals surface area contributed by atoms with Crippen molar-refractivity contribution in [3.05, 3.63) is 58.9 Å². The zero-order valence-electron chi connectivity index (χ0n) is 13.7. The zero-order chi connectivity index (χ0) is 19.3. The Morgan fingerprint density at radius 3 is 1.89 bits per heavy atom. The molecule has 0 spiro atoms. The van der Waals surface area contributed by atoms with Gasteiger partial charge in [-0.05, 0) is 41.5 Å². The molecule has 0 bridgehead atoms. The number of thioether (sulfide) groups is 2. The Morgan fingerprint density at radius 2 is 1.33 bits per heavy atom. The molecule has 146 valence electrons. The van der Waals surface area contributed by atoms with E-state index >= 15 is 0 Å². The van der Waals surface area contributed by atoms with Crippen LogP contribution >= 0.6 is 52.3 Å². The van der Waals surface area contributed by atoms with Crippen LogP contribution in [-0.4, -0.2) is 10.3 Å². The molecule has 0 aromatic heterocycles. The molecule has 0 radical (unpaired) electrons. The van der Waals surface area contributed by atoms with Gasteiger partial charge in [0, 0.05) is 21.3 Å². The number of hydrogen-bond donors (Lipinski definition) is 4. The molecule has 11 heteroatoms. The third-order valence-corrected chi connectivity index (χ3v) is 5.86. The minimum Gasteiger partial charge on any atom is -0.379 e. The van der Waals surface area contributed by atoms with Gasteiger partial charge in [0.2, 0.25) is 0 Å². The summed E-state index contributed by atoms with van der Waals surface area (Å²) in [6, 6.07) is 6.28. The van der Waals surface area contributed by atoms with Gasteiger partial charge < -0.3 is 11.5 Å². The van der Waals surface area contributed by atoms with Crippen molar-refractivity contribution in [2.75, 3.05) is 0 Å². The number of benzene rings is 2. The minimum absolute atomic E-state index is 0. The predicted molar refractivity (Wildman–Crippen MR) is 114 cm³/mol. The molecule has 0 aliphatic rings. The first kappa shape index (κ1) is 23.7. The van der Waals surface area contributed by atoms with Gasteiger partial charge in [-0.25, -0.2) is 13.2 Å². The number of halogens is 4. The second-order valence-electron chi connectivity index (χ2n) is 5.03. The van der Waals surface area contributed by atoms with Gasteiger partial charge in [0.25, 0.3) is 0 Å². The van der Waals surface area contributed by atoms with E-state index in [1.165, 1.54) is 12.1 Å². The highest BCUT2D eigenvalue weighted by atomic mass is 79.9. The molecule has 2 aromatic rings. The van der Waals surface area contributed by atoms with E-state index in [0.717, 1.165) is 47.4 Å². The minimum atomic E-state index is -0.995. The highest BCUT2D eigenvalue weighted by Gasteiger charge is 2.14. The van der Waals surface area contributed by atoms with E-state index < -0.39 is 17.5 Å². The summed E-state index contributed by atoms with van der Waals surface area (Å²) in [5.41, 5.74) is 11.7. The van der Waals surface area contributed by atoms with E-state index in [-0.39, 0.29) is 38.8 Å². The molecule has 0 amide bonds. The average molecular weight is 497 g/mol. The number of nitrogens with two attached hydrogens (primary N) is 2. The van der Waals surface area contributed by atoms with Crippen molar-refractivity contribution >= 4 is 62.6 Å². The molecule has 0 atom stereocenters. The lowest BCUT2D eigenvalue weighted by molar-refractivity contribution is 0.504. The molecule has 2 rings (SSSR count). The predicted octanol–water partition coefficient (Wildman–Crippen LogP) is 5.09. The molecule has 0 aliphatic carbocycles. The van der Waals surface area contributed by atoms with E-state index in [1.807, 2.05) is 0 Å². The van der Waals surface area contributed by atoms with Crippen molar-refractivity contribution in [2.45, 2.75) is 21.3 Å². The summed E-state index contributed by atoms with van der Waals surface area (Å²) in [6.07, 6.45) is 0. The third kappa shape index (κ3) is 7.32. The molecular formula is C16H16BrF3N4S3. The van der Waals surface area contributed by atoms with Crippen LogP contribution in [0.2, 0.25) is 0 Å². The first-order valence-electron chi connectivity index (χ1n) is 7.14. The van der Waals surface area contributed by atoms with Gasteiger partial charge in [-0.15, -0.1) is 17.0 Å². The maximum atomic E-state index is 13.7. The van der Waals surface area contributed by atoms with E-state index in [1.54, 1.807) is 6.07 Å². The van der Waals surface area contributed by atoms with Crippen LogP contribution in [0, 0.1) is 28.3 Å². The topological polar surface area (TPSA) is 99.7 Å². The molecule has 2 aromatic carbocycles. The van der Waals surface area contributed by atoms with Crippen LogP contribution in [0.15, 0.2) is 40.1 Å². The van der Waals surface area contributed by atoms with Gasteiger partial charge in [0.1, 0.15) is 5.82 Å². The Hall–Kier alpha value is -1.30. The van der Waals surface area contributed by atoms with Crippen molar-refractivity contribution in [1.82, 2.24) is 0 Å². The summed E-state index contributed by atoms with van der Waals surface area (Å²) in [7, 11) is 0. The van der Waals surface area contributed by atoms with Crippen molar-refractivity contribution in [3.8, 4) is 0 Å². The van der Waals surface area contributed by atoms with Crippen molar-refractivity contribution in [3.63, 3.8) is 0 Å². The SMILES string of the molecule is Br.N=C(N)SCc1cc(F)ccc1Sc1cc(F)c(F)cc1CSC(=N)N. The summed E-state index contributed by atoms with van der Waals surface area (Å²) in [6.45, 7) is 0. The summed E-state index contributed by atoms with van der Waals surface area (Å²) in [5, 5.41) is 14.3. The van der Waals surface area contributed by atoms with Gasteiger partial charge in [0.15, 0.2) is 22.0 Å². The van der Waals surface area contributed by atoms with Crippen molar-refractivity contribution in [1.29, 1.82) is 10.8 Å². The smallest absolute Gasteiger partial charge is 0.159 e. The van der Waals surface area contributed by atoms with Crippen LogP contribution in [0.5, 0.6) is 0 Å². The Kier molecular flexibility index (Phi) is 9.57. The van der Waals surface area contributed by atoms with Gasteiger partial charge in [-0.3, -0.25) is 10.8 Å². The maximum Gasteiger partial charge on any atom is 0.159 e. The Balaban J connectivity index is 0.00000364. The number of amidine groups is 2. The molecule has 4 nitrogen and oxygen atoms in total. The van der Waals surface area contributed by atoms with Crippen molar-refractivity contribution in [2.24, 2.45) is 11.5 Å². The summed E-state index contributed by atoms with van der Waals surface area (Å²) < 4.78 is 40.9. The molecule has 0 aliphatic heterocycles. The lowest BCUT2D eigenvalue weighted by atomic mass is 10.2. The highest BCUT2D eigenvalue weighted by Crippen LogP contribution is 2.37. The Bertz CT molecular complexity index is 852. The first-order valence-corrected chi connectivity index (χ1v) is 9.93. The van der Waals surface area contributed by atoms with E-state index in [4.69, 9.17) is 22.3 Å². The monoisotopic (exact) mass is 496 g/mol. The van der Waals surface area contributed by atoms with Crippen molar-refractivity contribution < 1.29 is 13.2 Å². The quantitative estimate of drug-likeness (QED) is 0.329. The molecule has 27 heavy (non-hydrogen) atoms. The molecule has 0 heterocycles. The lowest BCUT2D eigenvalue weighted by Gasteiger charge is -2.13. The fourth-order valence-electron chi connectivity index (χ4n) is 1.97. The van der Waals surface area contributed by atoms with Crippen LogP contribution < -0.4 is 11.5 Å². The zero-order valence-corrected chi connectivity index (χ0v) is 17.9. The largest absolute Gasteiger partial charge is 0.379 e. The molecule has 0 saturated heterocycles. The molecule has 0 saturated carbocycles. The number of nitrogens with one attached hydrogen (secondary N) is 2. The first-order chi connectivity index (χ1) is 12.3. The standard InChI is InChI=1S/C16H15F3N4S3.BrH/c17-10-1-2-13(8(3-10)6-24-15(20)21)26-14-5-12(19)11(18)4-9(14)7-25-16(22)23;/h1-5H,6-7H2,(H3,20,21)(H3,22,23);1H. The number of hydrogen-bond acceptors (Lipinski definition) is 5. The van der Waals surface area contributed by atoms with Gasteiger partial charge in [0.05, 0.1) is 0 Å². The molecule has 0 fully saturated rings. The Morgan fingerprint density at radius 1 is 0.815 bits per heavy atom. The maximum absolute atomic E-state index is 13.7. The van der Waals surface area contributed by atoms with E-state index in [0.29, 0.717) is 20.9 Å². The second kappa shape index (κ2) is 10.9. The van der Waals surface area contributed by atoms with Gasteiger partial charge in [-0.1, -0.05) is 35.3 Å². The van der Waals surface area contributed by atoms with Crippen LogP contribution in [0.4, 0.5) is 13.2 Å². The van der Waals surface area contributed by atoms with Crippen LogP contribution in [-0.2, 0) is 11.5 Å². The second-order valence-corrected chi connectivity index (χ2v) is 8.15. The lowest BCUT2D eigenvalue weighted by Crippen LogP contribution is -2.05. The summed E-state index contributed by atoms with van der Waals surface area (Å²) in [4.78, 5) is 1.08. The Labute approximate surface area is 177 Å². The van der Waals surface area contributed by atoms with Gasteiger partial charge in [-0.2, -0.15) is 0 Å². The fourth-order valence-corrected chi connectivity index (χ4v) is 4.31. The van der Waals surface area contributed by atoms with Crippen LogP contribution in [0.3, 0.4) is 0 Å². The van der Waals surface area contributed by atoms with E-state index in [2.05, 4.69) is 0 Å². The molecule has 0 unspecified atom stereocenters. The van der Waals surface area contributed by atoms with Crippen LogP contribution in [0.25, 0.3) is 0 Å². The summed E-state index contributed by atoms with van der Waals surface area (Å²) >= 11 is 3.19. The molecular weight excluding hydrogens is 481 g/mol. The summed E-state index contributed by atoms with van der Waals surface area (Å²) in [5.74, 6) is -1.94. The highest BCUT2D eigenvalue weighted by molar-refractivity contribution is 8.93. The third-order valence-electron chi connectivity index (χ3n) is 3.11. The molecule has 6 N–H and O–H groups in total. The van der Waals surface area contributed by atoms with Crippen LogP contribution in [0.1, 0.15) is 11.1 Å². The average Bonchev–Trinajstić information content (AvgIpc) is 2.56. The van der Waals surface area contributed by atoms with E-state index in [9.17, 15) is 13.2 Å². The number of rotatable bonds is 6. The fraction of sp³-hybridized carbons (Fsp3) is 0.125. The van der Waals surface area contributed by atoms with Gasteiger partial charge >= 0.3 is 0 Å². The normalized spacial score (nSPS) is 10.3.